The van der Waals surface area contributed by atoms with E-state index in [4.69, 9.17) is 10.2 Å². The largest absolute Gasteiger partial charge is 0.397 e. The Bertz CT molecular complexity index is 760. The van der Waals surface area contributed by atoms with Gasteiger partial charge in [0.2, 0.25) is 0 Å². The van der Waals surface area contributed by atoms with E-state index in [0.29, 0.717) is 17.5 Å². The van der Waals surface area contributed by atoms with E-state index in [9.17, 15) is 4.39 Å². The fraction of sp³-hybridized carbons (Fsp3) is 0.0667. The molecule has 0 aliphatic heterocycles. The molecule has 0 fully saturated rings. The number of nitrogens with zero attached hydrogens (tertiary/aromatic N) is 2. The van der Waals surface area contributed by atoms with Crippen molar-refractivity contribution in [1.29, 1.82) is 0 Å². The molecule has 0 saturated carbocycles. The van der Waals surface area contributed by atoms with Crippen molar-refractivity contribution in [3.05, 3.63) is 59.9 Å². The first-order chi connectivity index (χ1) is 10.7. The molecule has 0 spiro atoms. The van der Waals surface area contributed by atoms with E-state index in [1.165, 1.54) is 23.9 Å². The summed E-state index contributed by atoms with van der Waals surface area (Å²) < 4.78 is 18.3. The summed E-state index contributed by atoms with van der Waals surface area (Å²) in [5, 5.41) is 11.2. The molecular weight excluding hydrogens is 303 g/mol. The molecule has 3 rings (SSSR count). The number of benzene rings is 2. The van der Waals surface area contributed by atoms with Crippen LogP contribution in [0.25, 0.3) is 0 Å². The van der Waals surface area contributed by atoms with Gasteiger partial charge >= 0.3 is 6.01 Å². The summed E-state index contributed by atoms with van der Waals surface area (Å²) in [6.45, 7) is 0.482. The Morgan fingerprint density at radius 2 is 1.95 bits per heavy atom. The number of anilines is 2. The van der Waals surface area contributed by atoms with Gasteiger partial charge in [0, 0.05) is 17.1 Å². The minimum Gasteiger partial charge on any atom is -0.397 e. The molecule has 22 heavy (non-hydrogen) atoms. The summed E-state index contributed by atoms with van der Waals surface area (Å²) in [5.74, 6) is -0.299. The average molecular weight is 316 g/mol. The molecule has 1 heterocycles. The molecule has 0 amide bonds. The first kappa shape index (κ1) is 14.6. The summed E-state index contributed by atoms with van der Waals surface area (Å²) in [4.78, 5) is 0.972. The fourth-order valence-electron chi connectivity index (χ4n) is 1.79. The van der Waals surface area contributed by atoms with Gasteiger partial charge in [-0.15, -0.1) is 0 Å². The molecule has 0 aliphatic carbocycles. The van der Waals surface area contributed by atoms with Gasteiger partial charge in [0.15, 0.2) is 0 Å². The van der Waals surface area contributed by atoms with Crippen molar-refractivity contribution in [3.63, 3.8) is 0 Å². The predicted octanol–water partition coefficient (Wildman–Crippen LogP) is 3.56. The van der Waals surface area contributed by atoms with E-state index in [2.05, 4.69) is 15.5 Å². The summed E-state index contributed by atoms with van der Waals surface area (Å²) in [5.41, 5.74) is 7.32. The average Bonchev–Trinajstić information content (AvgIpc) is 2.97. The molecule has 0 radical (unpaired) electrons. The lowest BCUT2D eigenvalue weighted by Crippen LogP contribution is -1.95. The van der Waals surface area contributed by atoms with Crippen LogP contribution in [-0.2, 0) is 6.54 Å². The number of aromatic nitrogens is 2. The Morgan fingerprint density at radius 3 is 2.73 bits per heavy atom. The number of halogens is 1. The zero-order valence-electron chi connectivity index (χ0n) is 11.5. The standard InChI is InChI=1S/C15H13FN4OS/c16-11-4-6-12(7-5-11)18-14-19-20-15(21-14)22-13-3-1-2-10(8-13)9-17/h1-8H,9,17H2,(H,18,19). The third-order valence-electron chi connectivity index (χ3n) is 2.84. The molecule has 3 aromatic rings. The molecule has 0 bridgehead atoms. The molecule has 1 aromatic heterocycles. The minimum atomic E-state index is -0.299. The van der Waals surface area contributed by atoms with Gasteiger partial charge in [-0.1, -0.05) is 22.3 Å². The van der Waals surface area contributed by atoms with Gasteiger partial charge < -0.3 is 15.5 Å². The highest BCUT2D eigenvalue weighted by atomic mass is 32.2. The third-order valence-corrected chi connectivity index (χ3v) is 3.67. The van der Waals surface area contributed by atoms with Crippen molar-refractivity contribution in [2.75, 3.05) is 5.32 Å². The van der Waals surface area contributed by atoms with Crippen LogP contribution in [0.5, 0.6) is 0 Å². The van der Waals surface area contributed by atoms with Crippen LogP contribution in [0, 0.1) is 5.82 Å². The number of hydrogen-bond donors (Lipinski definition) is 2. The molecule has 3 N–H and O–H groups in total. The lowest BCUT2D eigenvalue weighted by atomic mass is 10.2. The number of rotatable bonds is 5. The van der Waals surface area contributed by atoms with Crippen LogP contribution in [0.2, 0.25) is 0 Å². The second-order valence-electron chi connectivity index (χ2n) is 4.46. The Labute approximate surface area is 130 Å². The SMILES string of the molecule is NCc1cccc(Sc2nnc(Nc3ccc(F)cc3)o2)c1. The highest BCUT2D eigenvalue weighted by molar-refractivity contribution is 7.99. The summed E-state index contributed by atoms with van der Waals surface area (Å²) in [7, 11) is 0. The minimum absolute atomic E-state index is 0.254. The van der Waals surface area contributed by atoms with E-state index in [0.717, 1.165) is 10.5 Å². The van der Waals surface area contributed by atoms with Gasteiger partial charge in [0.05, 0.1) is 0 Å². The van der Waals surface area contributed by atoms with Crippen molar-refractivity contribution >= 4 is 23.5 Å². The van der Waals surface area contributed by atoms with E-state index in [1.807, 2.05) is 24.3 Å². The van der Waals surface area contributed by atoms with Crippen LogP contribution in [0.15, 0.2) is 63.1 Å². The highest BCUT2D eigenvalue weighted by Gasteiger charge is 2.08. The summed E-state index contributed by atoms with van der Waals surface area (Å²) >= 11 is 1.36. The van der Waals surface area contributed by atoms with Gasteiger partial charge in [0.25, 0.3) is 5.22 Å². The van der Waals surface area contributed by atoms with Crippen molar-refractivity contribution in [2.45, 2.75) is 16.7 Å². The molecular formula is C15H13FN4OS. The summed E-state index contributed by atoms with van der Waals surface area (Å²) in [6, 6.07) is 14.0. The molecule has 0 unspecified atom stereocenters. The van der Waals surface area contributed by atoms with Crippen molar-refractivity contribution in [2.24, 2.45) is 5.73 Å². The van der Waals surface area contributed by atoms with E-state index >= 15 is 0 Å². The van der Waals surface area contributed by atoms with E-state index < -0.39 is 0 Å². The Morgan fingerprint density at radius 1 is 1.14 bits per heavy atom. The van der Waals surface area contributed by atoms with Crippen molar-refractivity contribution in [3.8, 4) is 0 Å². The summed E-state index contributed by atoms with van der Waals surface area (Å²) in [6.07, 6.45) is 0. The van der Waals surface area contributed by atoms with Crippen LogP contribution >= 0.6 is 11.8 Å². The van der Waals surface area contributed by atoms with Crippen molar-refractivity contribution < 1.29 is 8.81 Å². The first-order valence-electron chi connectivity index (χ1n) is 6.56. The third kappa shape index (κ3) is 3.63. The van der Waals surface area contributed by atoms with Crippen LogP contribution in [0.4, 0.5) is 16.1 Å². The lowest BCUT2D eigenvalue weighted by molar-refractivity contribution is 0.468. The molecule has 112 valence electrons. The van der Waals surface area contributed by atoms with Crippen LogP contribution in [0.1, 0.15) is 5.56 Å². The van der Waals surface area contributed by atoms with Gasteiger partial charge in [-0.2, -0.15) is 0 Å². The maximum Gasteiger partial charge on any atom is 0.320 e. The number of hydrogen-bond acceptors (Lipinski definition) is 6. The molecule has 5 nitrogen and oxygen atoms in total. The lowest BCUT2D eigenvalue weighted by Gasteiger charge is -2.01. The van der Waals surface area contributed by atoms with Gasteiger partial charge in [-0.25, -0.2) is 4.39 Å². The maximum atomic E-state index is 12.8. The maximum absolute atomic E-state index is 12.8. The Kier molecular flexibility index (Phi) is 4.36. The first-order valence-corrected chi connectivity index (χ1v) is 7.37. The van der Waals surface area contributed by atoms with Crippen molar-refractivity contribution in [1.82, 2.24) is 10.2 Å². The molecule has 7 heteroatoms. The zero-order chi connectivity index (χ0) is 15.4. The smallest absolute Gasteiger partial charge is 0.320 e. The highest BCUT2D eigenvalue weighted by Crippen LogP contribution is 2.28. The van der Waals surface area contributed by atoms with Gasteiger partial charge in [0.1, 0.15) is 5.82 Å². The fourth-order valence-corrected chi connectivity index (χ4v) is 2.56. The number of nitrogens with two attached hydrogens (primary N) is 1. The molecule has 0 aliphatic rings. The molecule has 2 aromatic carbocycles. The van der Waals surface area contributed by atoms with Gasteiger partial charge in [-0.05, 0) is 53.7 Å². The normalized spacial score (nSPS) is 10.6. The predicted molar refractivity (Wildman–Crippen MR) is 82.4 cm³/mol. The second kappa shape index (κ2) is 6.59. The Balaban J connectivity index is 1.69. The second-order valence-corrected chi connectivity index (χ2v) is 5.48. The van der Waals surface area contributed by atoms with Crippen LogP contribution in [-0.4, -0.2) is 10.2 Å². The van der Waals surface area contributed by atoms with Gasteiger partial charge in [-0.3, -0.25) is 0 Å². The van der Waals surface area contributed by atoms with Crippen LogP contribution in [0.3, 0.4) is 0 Å². The Hall–Kier alpha value is -2.38. The molecule has 0 atom stereocenters. The van der Waals surface area contributed by atoms with E-state index in [1.54, 1.807) is 12.1 Å². The monoisotopic (exact) mass is 316 g/mol. The zero-order valence-corrected chi connectivity index (χ0v) is 12.3. The quantitative estimate of drug-likeness (QED) is 0.749. The number of nitrogens with one attached hydrogen (secondary N) is 1. The van der Waals surface area contributed by atoms with Crippen LogP contribution < -0.4 is 11.1 Å². The molecule has 0 saturated heterocycles. The topological polar surface area (TPSA) is 77.0 Å². The van der Waals surface area contributed by atoms with E-state index in [-0.39, 0.29) is 11.8 Å².